The summed E-state index contributed by atoms with van der Waals surface area (Å²) in [5.41, 5.74) is 6.77. The number of halogens is 1. The van der Waals surface area contributed by atoms with Crippen molar-refractivity contribution in [3.05, 3.63) is 28.2 Å². The normalized spacial score (nSPS) is 10.6. The van der Waals surface area contributed by atoms with Crippen LogP contribution in [0.4, 0.5) is 5.95 Å². The van der Waals surface area contributed by atoms with Crippen LogP contribution in [0.25, 0.3) is 0 Å². The molecule has 0 aliphatic heterocycles. The zero-order valence-electron chi connectivity index (χ0n) is 10.1. The van der Waals surface area contributed by atoms with E-state index in [0.717, 1.165) is 26.7 Å². The van der Waals surface area contributed by atoms with E-state index in [2.05, 4.69) is 26.1 Å². The van der Waals surface area contributed by atoms with Crippen LogP contribution < -0.4 is 10.5 Å². The highest BCUT2D eigenvalue weighted by Crippen LogP contribution is 2.29. The Labute approximate surface area is 118 Å². The van der Waals surface area contributed by atoms with E-state index in [1.54, 1.807) is 23.4 Å². The molecular weight excluding hydrogens is 316 g/mol. The van der Waals surface area contributed by atoms with Gasteiger partial charge in [-0.1, -0.05) is 27.7 Å². The lowest BCUT2D eigenvalue weighted by molar-refractivity contribution is 0.414. The summed E-state index contributed by atoms with van der Waals surface area (Å²) in [5, 5.41) is 8.62. The van der Waals surface area contributed by atoms with Crippen molar-refractivity contribution in [2.75, 3.05) is 12.8 Å². The number of nitrogens with two attached hydrogens (primary N) is 1. The highest BCUT2D eigenvalue weighted by molar-refractivity contribution is 9.10. The van der Waals surface area contributed by atoms with Gasteiger partial charge in [-0.15, -0.1) is 10.2 Å². The lowest BCUT2D eigenvalue weighted by atomic mass is 10.2. The predicted octanol–water partition coefficient (Wildman–Crippen LogP) is 2.46. The topological polar surface area (TPSA) is 66.0 Å². The van der Waals surface area contributed by atoms with Crippen LogP contribution in [0.3, 0.4) is 0 Å². The van der Waals surface area contributed by atoms with Crippen LogP contribution in [0.15, 0.2) is 27.8 Å². The maximum Gasteiger partial charge on any atom is 0.222 e. The highest BCUT2D eigenvalue weighted by Gasteiger charge is 2.08. The van der Waals surface area contributed by atoms with Crippen LogP contribution in [0.2, 0.25) is 0 Å². The van der Waals surface area contributed by atoms with Gasteiger partial charge < -0.3 is 10.5 Å². The first kappa shape index (κ1) is 13.2. The number of rotatable bonds is 4. The van der Waals surface area contributed by atoms with Crippen molar-refractivity contribution in [2.24, 2.45) is 7.05 Å². The van der Waals surface area contributed by atoms with Crippen LogP contribution in [0, 0.1) is 0 Å². The minimum absolute atomic E-state index is 0.419. The summed E-state index contributed by atoms with van der Waals surface area (Å²) in [6, 6.07) is 5.88. The standard InChI is InChI=1S/C11H13BrN4OS/c1-16-10(13)14-15-11(16)18-6-7-5-8(17-2)3-4-9(7)12/h3-5H,6H2,1-2H3,(H2,13,14). The number of thioether (sulfide) groups is 1. The molecule has 0 spiro atoms. The lowest BCUT2D eigenvalue weighted by Crippen LogP contribution is -1.98. The molecule has 7 heteroatoms. The number of nitrogens with zero attached hydrogens (tertiary/aromatic N) is 3. The van der Waals surface area contributed by atoms with E-state index >= 15 is 0 Å². The summed E-state index contributed by atoms with van der Waals surface area (Å²) in [4.78, 5) is 0. The van der Waals surface area contributed by atoms with Gasteiger partial charge in [-0.05, 0) is 23.8 Å². The monoisotopic (exact) mass is 328 g/mol. The van der Waals surface area contributed by atoms with Gasteiger partial charge >= 0.3 is 0 Å². The van der Waals surface area contributed by atoms with E-state index < -0.39 is 0 Å². The number of hydrogen-bond acceptors (Lipinski definition) is 5. The summed E-state index contributed by atoms with van der Waals surface area (Å²) in [7, 11) is 3.50. The molecule has 0 aliphatic carbocycles. The number of nitrogen functional groups attached to an aromatic ring is 1. The van der Waals surface area contributed by atoms with Crippen molar-refractivity contribution >= 4 is 33.6 Å². The largest absolute Gasteiger partial charge is 0.497 e. The van der Waals surface area contributed by atoms with E-state index in [1.165, 1.54) is 0 Å². The van der Waals surface area contributed by atoms with Gasteiger partial charge in [-0.2, -0.15) is 0 Å². The Balaban J connectivity index is 2.12. The summed E-state index contributed by atoms with van der Waals surface area (Å²) in [5.74, 6) is 2.03. The third-order valence-electron chi connectivity index (χ3n) is 2.48. The molecule has 0 saturated carbocycles. The molecule has 2 N–H and O–H groups in total. The molecule has 0 bridgehead atoms. The minimum Gasteiger partial charge on any atom is -0.497 e. The van der Waals surface area contributed by atoms with Crippen molar-refractivity contribution in [1.29, 1.82) is 0 Å². The fourth-order valence-electron chi connectivity index (χ4n) is 1.38. The molecule has 0 saturated heterocycles. The van der Waals surface area contributed by atoms with E-state index in [0.29, 0.717) is 5.95 Å². The van der Waals surface area contributed by atoms with Crippen LogP contribution >= 0.6 is 27.7 Å². The van der Waals surface area contributed by atoms with Gasteiger partial charge in [-0.25, -0.2) is 0 Å². The molecular formula is C11H13BrN4OS. The van der Waals surface area contributed by atoms with Gasteiger partial charge in [0.15, 0.2) is 5.16 Å². The van der Waals surface area contributed by atoms with Crippen molar-refractivity contribution in [2.45, 2.75) is 10.9 Å². The summed E-state index contributed by atoms with van der Waals surface area (Å²) >= 11 is 5.10. The van der Waals surface area contributed by atoms with Crippen LogP contribution in [0.5, 0.6) is 5.75 Å². The van der Waals surface area contributed by atoms with Gasteiger partial charge in [0.1, 0.15) is 5.75 Å². The minimum atomic E-state index is 0.419. The molecule has 0 aliphatic rings. The molecule has 0 amide bonds. The van der Waals surface area contributed by atoms with Crippen LogP contribution in [-0.2, 0) is 12.8 Å². The molecule has 1 heterocycles. The molecule has 5 nitrogen and oxygen atoms in total. The van der Waals surface area contributed by atoms with Crippen molar-refractivity contribution < 1.29 is 4.74 Å². The number of hydrogen-bond donors (Lipinski definition) is 1. The number of anilines is 1. The second-order valence-corrected chi connectivity index (χ2v) is 5.44. The highest BCUT2D eigenvalue weighted by atomic mass is 79.9. The number of methoxy groups -OCH3 is 1. The van der Waals surface area contributed by atoms with Gasteiger partial charge in [0.05, 0.1) is 7.11 Å². The van der Waals surface area contributed by atoms with E-state index in [9.17, 15) is 0 Å². The Bertz CT molecular complexity index is 558. The molecule has 0 fully saturated rings. The zero-order chi connectivity index (χ0) is 13.1. The molecule has 1 aromatic carbocycles. The maximum absolute atomic E-state index is 5.63. The fourth-order valence-corrected chi connectivity index (χ4v) is 2.86. The Morgan fingerprint density at radius 1 is 1.44 bits per heavy atom. The SMILES string of the molecule is COc1ccc(Br)c(CSc2nnc(N)n2C)c1. The Kier molecular flexibility index (Phi) is 4.13. The predicted molar refractivity (Wildman–Crippen MR) is 75.7 cm³/mol. The Morgan fingerprint density at radius 2 is 2.22 bits per heavy atom. The van der Waals surface area contributed by atoms with Gasteiger partial charge in [0.25, 0.3) is 0 Å². The number of aromatic nitrogens is 3. The van der Waals surface area contributed by atoms with E-state index in [1.807, 2.05) is 25.2 Å². The first-order valence-electron chi connectivity index (χ1n) is 5.22. The molecule has 0 atom stereocenters. The molecule has 18 heavy (non-hydrogen) atoms. The van der Waals surface area contributed by atoms with Crippen molar-refractivity contribution in [3.63, 3.8) is 0 Å². The second kappa shape index (κ2) is 5.62. The maximum atomic E-state index is 5.63. The number of ether oxygens (including phenoxy) is 1. The smallest absolute Gasteiger partial charge is 0.222 e. The zero-order valence-corrected chi connectivity index (χ0v) is 12.5. The average molecular weight is 329 g/mol. The molecule has 0 unspecified atom stereocenters. The second-order valence-electron chi connectivity index (χ2n) is 3.65. The first-order valence-corrected chi connectivity index (χ1v) is 6.99. The first-order chi connectivity index (χ1) is 8.61. The van der Waals surface area contributed by atoms with E-state index in [4.69, 9.17) is 10.5 Å². The summed E-state index contributed by atoms with van der Waals surface area (Å²) < 4.78 is 8.02. The van der Waals surface area contributed by atoms with Crippen LogP contribution in [-0.4, -0.2) is 21.9 Å². The molecule has 1 aromatic heterocycles. The van der Waals surface area contributed by atoms with E-state index in [-0.39, 0.29) is 0 Å². The van der Waals surface area contributed by atoms with Gasteiger partial charge in [0, 0.05) is 17.3 Å². The fraction of sp³-hybridized carbons (Fsp3) is 0.273. The van der Waals surface area contributed by atoms with Gasteiger partial charge in [0.2, 0.25) is 5.95 Å². The Morgan fingerprint density at radius 3 is 2.83 bits per heavy atom. The molecule has 96 valence electrons. The van der Waals surface area contributed by atoms with Crippen molar-refractivity contribution in [3.8, 4) is 5.75 Å². The third-order valence-corrected chi connectivity index (χ3v) is 4.32. The molecule has 0 radical (unpaired) electrons. The van der Waals surface area contributed by atoms with Crippen molar-refractivity contribution in [1.82, 2.24) is 14.8 Å². The summed E-state index contributed by atoms with van der Waals surface area (Å²) in [6.45, 7) is 0. The molecule has 2 rings (SSSR count). The average Bonchev–Trinajstić information content (AvgIpc) is 2.69. The quantitative estimate of drug-likeness (QED) is 0.873. The van der Waals surface area contributed by atoms with Crippen LogP contribution in [0.1, 0.15) is 5.56 Å². The summed E-state index contributed by atoms with van der Waals surface area (Å²) in [6.07, 6.45) is 0. The molecule has 2 aromatic rings. The van der Waals surface area contributed by atoms with Gasteiger partial charge in [-0.3, -0.25) is 4.57 Å². The Hall–Kier alpha value is -1.21. The third kappa shape index (κ3) is 2.78. The number of benzene rings is 1. The lowest BCUT2D eigenvalue weighted by Gasteiger charge is -2.07.